The number of amides is 1. The highest BCUT2D eigenvalue weighted by atomic mass is 16.1. The molecule has 1 heterocycles. The molecule has 0 unspecified atom stereocenters. The highest BCUT2D eigenvalue weighted by molar-refractivity contribution is 5.97. The number of hydrogen-bond donors (Lipinski definition) is 2. The molecule has 20 heavy (non-hydrogen) atoms. The molecular formula is C16H21N3O. The predicted molar refractivity (Wildman–Crippen MR) is 81.8 cm³/mol. The van der Waals surface area contributed by atoms with Crippen LogP contribution in [0.4, 0.5) is 0 Å². The standard InChI is InChI=1S/C16H21N3O/c1-16(2,3)13-4-5-14-11(9-13)8-12(10-19-14)15(20)18-7-6-17/h4-5,8-10H,6-7,17H2,1-3H3,(H,18,20). The molecule has 3 N–H and O–H groups in total. The Kier molecular flexibility index (Phi) is 4.04. The van der Waals surface area contributed by atoms with Gasteiger partial charge >= 0.3 is 0 Å². The zero-order valence-corrected chi connectivity index (χ0v) is 12.2. The first kappa shape index (κ1) is 14.5. The van der Waals surface area contributed by atoms with Crippen molar-refractivity contribution < 1.29 is 4.79 Å². The number of benzene rings is 1. The second kappa shape index (κ2) is 5.59. The minimum Gasteiger partial charge on any atom is -0.351 e. The number of carbonyl (C=O) groups is 1. The SMILES string of the molecule is CC(C)(C)c1ccc2ncc(C(=O)NCCN)cc2c1. The topological polar surface area (TPSA) is 68.0 Å². The lowest BCUT2D eigenvalue weighted by Crippen LogP contribution is -2.29. The summed E-state index contributed by atoms with van der Waals surface area (Å²) < 4.78 is 0. The van der Waals surface area contributed by atoms with Gasteiger partial charge in [-0.2, -0.15) is 0 Å². The number of fused-ring (bicyclic) bond motifs is 1. The third-order valence-electron chi connectivity index (χ3n) is 3.24. The third-order valence-corrected chi connectivity index (χ3v) is 3.24. The molecule has 0 saturated heterocycles. The number of nitrogens with zero attached hydrogens (tertiary/aromatic N) is 1. The van der Waals surface area contributed by atoms with Crippen molar-refractivity contribution in [2.24, 2.45) is 5.73 Å². The lowest BCUT2D eigenvalue weighted by Gasteiger charge is -2.19. The summed E-state index contributed by atoms with van der Waals surface area (Å²) in [6.07, 6.45) is 1.60. The van der Waals surface area contributed by atoms with Gasteiger partial charge in [0, 0.05) is 24.7 Å². The van der Waals surface area contributed by atoms with Crippen LogP contribution in [0.1, 0.15) is 36.7 Å². The summed E-state index contributed by atoms with van der Waals surface area (Å²) in [7, 11) is 0. The van der Waals surface area contributed by atoms with E-state index in [-0.39, 0.29) is 11.3 Å². The summed E-state index contributed by atoms with van der Waals surface area (Å²) in [5.74, 6) is -0.133. The Morgan fingerprint density at radius 3 is 2.70 bits per heavy atom. The van der Waals surface area contributed by atoms with Crippen LogP contribution in [-0.4, -0.2) is 24.0 Å². The van der Waals surface area contributed by atoms with Gasteiger partial charge in [-0.25, -0.2) is 0 Å². The van der Waals surface area contributed by atoms with Gasteiger partial charge in [-0.1, -0.05) is 26.8 Å². The van der Waals surface area contributed by atoms with Crippen molar-refractivity contribution in [1.82, 2.24) is 10.3 Å². The Morgan fingerprint density at radius 2 is 2.05 bits per heavy atom. The van der Waals surface area contributed by atoms with Crippen molar-refractivity contribution in [2.75, 3.05) is 13.1 Å². The Labute approximate surface area is 119 Å². The van der Waals surface area contributed by atoms with Crippen molar-refractivity contribution in [3.05, 3.63) is 41.6 Å². The summed E-state index contributed by atoms with van der Waals surface area (Å²) in [6, 6.07) is 8.06. The van der Waals surface area contributed by atoms with Crippen LogP contribution in [0.5, 0.6) is 0 Å². The average molecular weight is 271 g/mol. The normalized spacial score (nSPS) is 11.6. The Hall–Kier alpha value is -1.94. The minimum atomic E-state index is -0.133. The van der Waals surface area contributed by atoms with Crippen LogP contribution in [-0.2, 0) is 5.41 Å². The molecule has 0 aliphatic heterocycles. The van der Waals surface area contributed by atoms with Crippen molar-refractivity contribution >= 4 is 16.8 Å². The largest absolute Gasteiger partial charge is 0.351 e. The van der Waals surface area contributed by atoms with E-state index in [4.69, 9.17) is 5.73 Å². The van der Waals surface area contributed by atoms with E-state index >= 15 is 0 Å². The van der Waals surface area contributed by atoms with Gasteiger partial charge in [-0.3, -0.25) is 9.78 Å². The van der Waals surface area contributed by atoms with Crippen molar-refractivity contribution in [2.45, 2.75) is 26.2 Å². The number of nitrogens with two attached hydrogens (primary N) is 1. The molecule has 0 bridgehead atoms. The molecule has 0 radical (unpaired) electrons. The van der Waals surface area contributed by atoms with Crippen LogP contribution in [0.2, 0.25) is 0 Å². The van der Waals surface area contributed by atoms with Gasteiger partial charge in [0.25, 0.3) is 5.91 Å². The Morgan fingerprint density at radius 1 is 1.30 bits per heavy atom. The van der Waals surface area contributed by atoms with Gasteiger partial charge in [0.15, 0.2) is 0 Å². The minimum absolute atomic E-state index is 0.0754. The quantitative estimate of drug-likeness (QED) is 0.899. The maximum atomic E-state index is 11.9. The number of rotatable bonds is 3. The van der Waals surface area contributed by atoms with E-state index < -0.39 is 0 Å². The molecule has 2 aromatic rings. The van der Waals surface area contributed by atoms with Gasteiger partial charge in [-0.15, -0.1) is 0 Å². The number of nitrogens with one attached hydrogen (secondary N) is 1. The van der Waals surface area contributed by atoms with Crippen LogP contribution in [0, 0.1) is 0 Å². The van der Waals surface area contributed by atoms with Crippen molar-refractivity contribution in [3.63, 3.8) is 0 Å². The first-order valence-corrected chi connectivity index (χ1v) is 6.80. The molecule has 2 rings (SSSR count). The molecule has 0 saturated carbocycles. The predicted octanol–water partition coefficient (Wildman–Crippen LogP) is 2.22. The zero-order chi connectivity index (χ0) is 14.8. The average Bonchev–Trinajstić information content (AvgIpc) is 2.42. The molecule has 4 nitrogen and oxygen atoms in total. The van der Waals surface area contributed by atoms with Crippen LogP contribution in [0.15, 0.2) is 30.5 Å². The van der Waals surface area contributed by atoms with E-state index in [0.29, 0.717) is 18.7 Å². The smallest absolute Gasteiger partial charge is 0.252 e. The highest BCUT2D eigenvalue weighted by Crippen LogP contribution is 2.25. The van der Waals surface area contributed by atoms with Crippen LogP contribution in [0.25, 0.3) is 10.9 Å². The van der Waals surface area contributed by atoms with Crippen LogP contribution in [0.3, 0.4) is 0 Å². The molecule has 0 aliphatic rings. The molecule has 0 aliphatic carbocycles. The maximum absolute atomic E-state index is 11.9. The number of carbonyl (C=O) groups excluding carboxylic acids is 1. The maximum Gasteiger partial charge on any atom is 0.252 e. The van der Waals surface area contributed by atoms with E-state index in [0.717, 1.165) is 10.9 Å². The highest BCUT2D eigenvalue weighted by Gasteiger charge is 2.14. The summed E-state index contributed by atoms with van der Waals surface area (Å²) in [5, 5.41) is 3.74. The van der Waals surface area contributed by atoms with Crippen LogP contribution < -0.4 is 11.1 Å². The van der Waals surface area contributed by atoms with E-state index in [9.17, 15) is 4.79 Å². The summed E-state index contributed by atoms with van der Waals surface area (Å²) in [5.41, 5.74) is 8.15. The van der Waals surface area contributed by atoms with Crippen molar-refractivity contribution in [1.29, 1.82) is 0 Å². The third kappa shape index (κ3) is 3.14. The van der Waals surface area contributed by atoms with E-state index in [1.54, 1.807) is 6.20 Å². The second-order valence-electron chi connectivity index (χ2n) is 5.93. The van der Waals surface area contributed by atoms with Crippen molar-refractivity contribution in [3.8, 4) is 0 Å². The molecule has 1 aromatic heterocycles. The first-order valence-electron chi connectivity index (χ1n) is 6.80. The van der Waals surface area contributed by atoms with Gasteiger partial charge in [0.1, 0.15) is 0 Å². The van der Waals surface area contributed by atoms with Gasteiger partial charge in [0.05, 0.1) is 11.1 Å². The zero-order valence-electron chi connectivity index (χ0n) is 12.2. The molecular weight excluding hydrogens is 250 g/mol. The second-order valence-corrected chi connectivity index (χ2v) is 5.93. The number of hydrogen-bond acceptors (Lipinski definition) is 3. The van der Waals surface area contributed by atoms with Gasteiger partial charge in [-0.05, 0) is 29.2 Å². The van der Waals surface area contributed by atoms with E-state index in [1.165, 1.54) is 5.56 Å². The summed E-state index contributed by atoms with van der Waals surface area (Å²) in [6.45, 7) is 7.40. The summed E-state index contributed by atoms with van der Waals surface area (Å²) in [4.78, 5) is 16.3. The fourth-order valence-electron chi connectivity index (χ4n) is 2.01. The summed E-state index contributed by atoms with van der Waals surface area (Å²) >= 11 is 0. The molecule has 1 amide bonds. The van der Waals surface area contributed by atoms with Gasteiger partial charge < -0.3 is 11.1 Å². The lowest BCUT2D eigenvalue weighted by atomic mass is 9.86. The molecule has 1 aromatic carbocycles. The monoisotopic (exact) mass is 271 g/mol. The first-order chi connectivity index (χ1) is 9.41. The van der Waals surface area contributed by atoms with Gasteiger partial charge in [0.2, 0.25) is 0 Å². The Balaban J connectivity index is 2.39. The van der Waals surface area contributed by atoms with E-state index in [2.05, 4.69) is 43.2 Å². The number of aromatic nitrogens is 1. The van der Waals surface area contributed by atoms with E-state index in [1.807, 2.05) is 12.1 Å². The molecule has 0 atom stereocenters. The number of pyridine rings is 1. The molecule has 0 spiro atoms. The fourth-order valence-corrected chi connectivity index (χ4v) is 2.01. The lowest BCUT2D eigenvalue weighted by molar-refractivity contribution is 0.0954. The Bertz CT molecular complexity index is 629. The molecule has 4 heteroatoms. The molecule has 0 fully saturated rings. The van der Waals surface area contributed by atoms with Crippen LogP contribution >= 0.6 is 0 Å². The fraction of sp³-hybridized carbons (Fsp3) is 0.375. The molecule has 106 valence electrons.